The van der Waals surface area contributed by atoms with Gasteiger partial charge < -0.3 is 11.1 Å². The summed E-state index contributed by atoms with van der Waals surface area (Å²) in [5.41, 5.74) is 5.80. The summed E-state index contributed by atoms with van der Waals surface area (Å²) in [7, 11) is 0. The van der Waals surface area contributed by atoms with E-state index in [0.717, 1.165) is 31.7 Å². The summed E-state index contributed by atoms with van der Waals surface area (Å²) in [5.74, 6) is 1.95. The second-order valence-corrected chi connectivity index (χ2v) is 5.33. The van der Waals surface area contributed by atoms with Crippen molar-refractivity contribution in [3.63, 3.8) is 0 Å². The highest BCUT2D eigenvalue weighted by molar-refractivity contribution is 5.78. The van der Waals surface area contributed by atoms with Crippen LogP contribution in [-0.4, -0.2) is 18.5 Å². The maximum absolute atomic E-state index is 11.8. The lowest BCUT2D eigenvalue weighted by molar-refractivity contribution is -0.125. The van der Waals surface area contributed by atoms with E-state index in [0.29, 0.717) is 5.92 Å². The second-order valence-electron chi connectivity index (χ2n) is 5.33. The van der Waals surface area contributed by atoms with E-state index in [1.165, 1.54) is 12.8 Å². The third kappa shape index (κ3) is 2.94. The van der Waals surface area contributed by atoms with E-state index in [-0.39, 0.29) is 17.9 Å². The van der Waals surface area contributed by atoms with Crippen molar-refractivity contribution < 1.29 is 4.79 Å². The van der Waals surface area contributed by atoms with Crippen LogP contribution in [0.3, 0.4) is 0 Å². The number of amides is 1. The summed E-state index contributed by atoms with van der Waals surface area (Å²) in [6.45, 7) is 3.09. The Morgan fingerprint density at radius 3 is 2.67 bits per heavy atom. The first-order chi connectivity index (χ1) is 7.16. The second kappa shape index (κ2) is 4.52. The summed E-state index contributed by atoms with van der Waals surface area (Å²) in [4.78, 5) is 11.8. The number of carbonyl (C=O) groups is 1. The minimum absolute atomic E-state index is 0.186. The number of hydrogen-bond donors (Lipinski definition) is 2. The molecule has 0 saturated heterocycles. The Morgan fingerprint density at radius 1 is 1.40 bits per heavy atom. The summed E-state index contributed by atoms with van der Waals surface area (Å²) >= 11 is 0. The lowest BCUT2D eigenvalue weighted by Crippen LogP contribution is -2.34. The van der Waals surface area contributed by atoms with E-state index in [2.05, 4.69) is 12.2 Å². The molecule has 0 spiro atoms. The predicted molar refractivity (Wildman–Crippen MR) is 60.2 cm³/mol. The minimum Gasteiger partial charge on any atom is -0.356 e. The van der Waals surface area contributed by atoms with E-state index in [9.17, 15) is 4.79 Å². The SMILES string of the molecule is CC(CNC(=O)C1CCC(N)C1)C1CC1. The van der Waals surface area contributed by atoms with Gasteiger partial charge in [-0.1, -0.05) is 6.92 Å². The first-order valence-electron chi connectivity index (χ1n) is 6.20. The van der Waals surface area contributed by atoms with Crippen molar-refractivity contribution in [2.45, 2.75) is 45.1 Å². The van der Waals surface area contributed by atoms with Gasteiger partial charge in [-0.2, -0.15) is 0 Å². The third-order valence-corrected chi connectivity index (χ3v) is 3.87. The molecule has 0 aliphatic heterocycles. The Morgan fingerprint density at radius 2 is 2.13 bits per heavy atom. The van der Waals surface area contributed by atoms with Crippen LogP contribution in [0.25, 0.3) is 0 Å². The van der Waals surface area contributed by atoms with Gasteiger partial charge in [0.15, 0.2) is 0 Å². The van der Waals surface area contributed by atoms with Crippen LogP contribution in [0.1, 0.15) is 39.0 Å². The molecule has 3 N–H and O–H groups in total. The molecule has 3 nitrogen and oxygen atoms in total. The van der Waals surface area contributed by atoms with Crippen molar-refractivity contribution >= 4 is 5.91 Å². The van der Waals surface area contributed by atoms with E-state index in [4.69, 9.17) is 5.73 Å². The van der Waals surface area contributed by atoms with Crippen LogP contribution in [-0.2, 0) is 4.79 Å². The molecule has 1 amide bonds. The quantitative estimate of drug-likeness (QED) is 0.734. The maximum Gasteiger partial charge on any atom is 0.223 e. The third-order valence-electron chi connectivity index (χ3n) is 3.87. The molecule has 0 aromatic carbocycles. The summed E-state index contributed by atoms with van der Waals surface area (Å²) < 4.78 is 0. The molecule has 2 aliphatic carbocycles. The minimum atomic E-state index is 0.186. The van der Waals surface area contributed by atoms with E-state index < -0.39 is 0 Å². The van der Waals surface area contributed by atoms with Crippen LogP contribution in [0.5, 0.6) is 0 Å². The number of carbonyl (C=O) groups excluding carboxylic acids is 1. The Balaban J connectivity index is 1.67. The van der Waals surface area contributed by atoms with Gasteiger partial charge in [-0.15, -0.1) is 0 Å². The monoisotopic (exact) mass is 210 g/mol. The Kier molecular flexibility index (Phi) is 3.29. The molecular weight excluding hydrogens is 188 g/mol. The molecule has 2 saturated carbocycles. The van der Waals surface area contributed by atoms with Gasteiger partial charge in [0.25, 0.3) is 0 Å². The van der Waals surface area contributed by atoms with Gasteiger partial charge >= 0.3 is 0 Å². The molecule has 0 aromatic rings. The van der Waals surface area contributed by atoms with Gasteiger partial charge in [-0.3, -0.25) is 4.79 Å². The van der Waals surface area contributed by atoms with E-state index >= 15 is 0 Å². The number of hydrogen-bond acceptors (Lipinski definition) is 2. The predicted octanol–water partition coefficient (Wildman–Crippen LogP) is 1.28. The molecule has 3 heteroatoms. The van der Waals surface area contributed by atoms with Crippen LogP contribution < -0.4 is 11.1 Å². The maximum atomic E-state index is 11.8. The van der Waals surface area contributed by atoms with Gasteiger partial charge in [0.05, 0.1) is 0 Å². The van der Waals surface area contributed by atoms with Crippen molar-refractivity contribution in [3.8, 4) is 0 Å². The Bertz CT molecular complexity index is 238. The molecule has 0 bridgehead atoms. The fourth-order valence-corrected chi connectivity index (χ4v) is 2.49. The van der Waals surface area contributed by atoms with Gasteiger partial charge in [0, 0.05) is 18.5 Å². The fraction of sp³-hybridized carbons (Fsp3) is 0.917. The van der Waals surface area contributed by atoms with Gasteiger partial charge in [0.1, 0.15) is 0 Å². The topological polar surface area (TPSA) is 55.1 Å². The Labute approximate surface area is 91.8 Å². The summed E-state index contributed by atoms with van der Waals surface area (Å²) in [6, 6.07) is 0.251. The highest BCUT2D eigenvalue weighted by Crippen LogP contribution is 2.36. The molecule has 3 unspecified atom stereocenters. The molecule has 0 aromatic heterocycles. The van der Waals surface area contributed by atoms with E-state index in [1.807, 2.05) is 0 Å². The summed E-state index contributed by atoms with van der Waals surface area (Å²) in [6.07, 6.45) is 5.57. The first-order valence-corrected chi connectivity index (χ1v) is 6.20. The van der Waals surface area contributed by atoms with Crippen LogP contribution in [0, 0.1) is 17.8 Å². The summed E-state index contributed by atoms with van der Waals surface area (Å²) in [5, 5.41) is 3.07. The average molecular weight is 210 g/mol. The molecule has 2 aliphatic rings. The molecule has 15 heavy (non-hydrogen) atoms. The van der Waals surface area contributed by atoms with Crippen LogP contribution in [0.15, 0.2) is 0 Å². The van der Waals surface area contributed by atoms with Crippen molar-refractivity contribution in [1.29, 1.82) is 0 Å². The zero-order valence-electron chi connectivity index (χ0n) is 9.54. The zero-order chi connectivity index (χ0) is 10.8. The van der Waals surface area contributed by atoms with Crippen molar-refractivity contribution in [3.05, 3.63) is 0 Å². The molecule has 2 fully saturated rings. The van der Waals surface area contributed by atoms with Gasteiger partial charge in [0.2, 0.25) is 5.91 Å². The molecule has 0 heterocycles. The van der Waals surface area contributed by atoms with E-state index in [1.54, 1.807) is 0 Å². The molecule has 0 radical (unpaired) electrons. The largest absolute Gasteiger partial charge is 0.356 e. The lowest BCUT2D eigenvalue weighted by atomic mass is 10.0. The van der Waals surface area contributed by atoms with Crippen molar-refractivity contribution in [2.75, 3.05) is 6.54 Å². The highest BCUT2D eigenvalue weighted by Gasteiger charge is 2.30. The van der Waals surface area contributed by atoms with Crippen molar-refractivity contribution in [1.82, 2.24) is 5.32 Å². The fourth-order valence-electron chi connectivity index (χ4n) is 2.49. The normalized spacial score (nSPS) is 32.7. The first kappa shape index (κ1) is 10.9. The zero-order valence-corrected chi connectivity index (χ0v) is 9.54. The van der Waals surface area contributed by atoms with Crippen molar-refractivity contribution in [2.24, 2.45) is 23.5 Å². The lowest BCUT2D eigenvalue weighted by Gasteiger charge is -2.14. The molecule has 86 valence electrons. The highest BCUT2D eigenvalue weighted by atomic mass is 16.1. The van der Waals surface area contributed by atoms with Crippen LogP contribution >= 0.6 is 0 Å². The molecule has 2 rings (SSSR count). The Hall–Kier alpha value is -0.570. The number of rotatable bonds is 4. The van der Waals surface area contributed by atoms with Gasteiger partial charge in [-0.25, -0.2) is 0 Å². The smallest absolute Gasteiger partial charge is 0.223 e. The average Bonchev–Trinajstić information content (AvgIpc) is 2.97. The number of nitrogens with two attached hydrogens (primary N) is 1. The molecule has 3 atom stereocenters. The van der Waals surface area contributed by atoms with Crippen LogP contribution in [0.4, 0.5) is 0 Å². The molecular formula is C12H22N2O. The standard InChI is InChI=1S/C12H22N2O/c1-8(9-2-3-9)7-14-12(15)10-4-5-11(13)6-10/h8-11H,2-7,13H2,1H3,(H,14,15). The van der Waals surface area contributed by atoms with Crippen LogP contribution in [0.2, 0.25) is 0 Å². The number of nitrogens with one attached hydrogen (secondary N) is 1. The van der Waals surface area contributed by atoms with Gasteiger partial charge in [-0.05, 0) is 43.9 Å².